The number of hydrogen-bond donors (Lipinski definition) is 1. The van der Waals surface area contributed by atoms with Crippen LogP contribution in [0.1, 0.15) is 58.1 Å². The van der Waals surface area contributed by atoms with Gasteiger partial charge in [-0.25, -0.2) is 0 Å². The molecule has 2 rings (SSSR count). The molecule has 1 saturated carbocycles. The summed E-state index contributed by atoms with van der Waals surface area (Å²) in [6.45, 7) is 6.27. The van der Waals surface area contributed by atoms with Gasteiger partial charge in [0.15, 0.2) is 0 Å². The second-order valence-electron chi connectivity index (χ2n) is 6.59. The number of ether oxygens (including phenoxy) is 2. The molecule has 1 atom stereocenters. The first-order valence-electron chi connectivity index (χ1n) is 7.96. The number of benzene rings is 1. The summed E-state index contributed by atoms with van der Waals surface area (Å²) in [5.41, 5.74) is 0.424. The van der Waals surface area contributed by atoms with E-state index in [9.17, 15) is 5.11 Å². The summed E-state index contributed by atoms with van der Waals surface area (Å²) in [5.74, 6) is 1.52. The molecule has 21 heavy (non-hydrogen) atoms. The SMILES string of the molecule is COC1(C(O)c2cccc(OC(C)C)c2)CCC(C)CC1. The number of aliphatic hydroxyl groups excluding tert-OH is 1. The smallest absolute Gasteiger partial charge is 0.120 e. The summed E-state index contributed by atoms with van der Waals surface area (Å²) in [4.78, 5) is 0. The van der Waals surface area contributed by atoms with Gasteiger partial charge in [0.1, 0.15) is 11.9 Å². The van der Waals surface area contributed by atoms with Gasteiger partial charge in [-0.15, -0.1) is 0 Å². The Labute approximate surface area is 128 Å². The standard InChI is InChI=1S/C18H28O3/c1-13(2)21-16-7-5-6-15(12-16)17(19)18(20-4)10-8-14(3)9-11-18/h5-7,12-14,17,19H,8-11H2,1-4H3. The van der Waals surface area contributed by atoms with Crippen molar-refractivity contribution in [2.24, 2.45) is 5.92 Å². The van der Waals surface area contributed by atoms with Gasteiger partial charge in [-0.3, -0.25) is 0 Å². The molecule has 1 N–H and O–H groups in total. The number of hydrogen-bond acceptors (Lipinski definition) is 3. The monoisotopic (exact) mass is 292 g/mol. The minimum absolute atomic E-state index is 0.129. The first-order chi connectivity index (χ1) is 9.97. The molecule has 118 valence electrons. The van der Waals surface area contributed by atoms with Crippen molar-refractivity contribution in [3.05, 3.63) is 29.8 Å². The lowest BCUT2D eigenvalue weighted by Gasteiger charge is -2.42. The Morgan fingerprint density at radius 3 is 2.48 bits per heavy atom. The predicted octanol–water partition coefficient (Wildman–Crippen LogP) is 4.10. The molecular weight excluding hydrogens is 264 g/mol. The molecule has 0 aliphatic heterocycles. The molecule has 0 aromatic heterocycles. The fourth-order valence-corrected chi connectivity index (χ4v) is 3.17. The van der Waals surface area contributed by atoms with Crippen LogP contribution in [0, 0.1) is 5.92 Å². The predicted molar refractivity (Wildman–Crippen MR) is 84.5 cm³/mol. The first-order valence-corrected chi connectivity index (χ1v) is 7.96. The summed E-state index contributed by atoms with van der Waals surface area (Å²) in [7, 11) is 1.72. The van der Waals surface area contributed by atoms with Crippen molar-refractivity contribution in [1.82, 2.24) is 0 Å². The molecule has 1 aliphatic rings. The van der Waals surface area contributed by atoms with Gasteiger partial charge in [0.2, 0.25) is 0 Å². The van der Waals surface area contributed by atoms with Crippen LogP contribution in [0.25, 0.3) is 0 Å². The lowest BCUT2D eigenvalue weighted by Crippen LogP contribution is -2.41. The summed E-state index contributed by atoms with van der Waals surface area (Å²) in [6.07, 6.45) is 3.54. The van der Waals surface area contributed by atoms with E-state index in [-0.39, 0.29) is 6.10 Å². The topological polar surface area (TPSA) is 38.7 Å². The van der Waals surface area contributed by atoms with Crippen LogP contribution >= 0.6 is 0 Å². The number of aliphatic hydroxyl groups is 1. The molecular formula is C18H28O3. The molecule has 1 aromatic rings. The van der Waals surface area contributed by atoms with Gasteiger partial charge in [-0.1, -0.05) is 19.1 Å². The van der Waals surface area contributed by atoms with Gasteiger partial charge >= 0.3 is 0 Å². The van der Waals surface area contributed by atoms with Crippen LogP contribution in [0.4, 0.5) is 0 Å². The molecule has 3 heteroatoms. The fourth-order valence-electron chi connectivity index (χ4n) is 3.17. The van der Waals surface area contributed by atoms with E-state index in [0.717, 1.165) is 42.9 Å². The Balaban J connectivity index is 2.19. The fraction of sp³-hybridized carbons (Fsp3) is 0.667. The average molecular weight is 292 g/mol. The Kier molecular flexibility index (Phi) is 5.28. The van der Waals surface area contributed by atoms with Crippen molar-refractivity contribution in [1.29, 1.82) is 0 Å². The van der Waals surface area contributed by atoms with Crippen molar-refractivity contribution in [2.45, 2.75) is 64.3 Å². The molecule has 1 aromatic carbocycles. The summed E-state index contributed by atoms with van der Waals surface area (Å²) in [6, 6.07) is 7.75. The Morgan fingerprint density at radius 1 is 1.24 bits per heavy atom. The van der Waals surface area contributed by atoms with E-state index in [0.29, 0.717) is 0 Å². The Bertz CT molecular complexity index is 448. The molecule has 0 bridgehead atoms. The van der Waals surface area contributed by atoms with Crippen LogP contribution in [0.5, 0.6) is 5.75 Å². The van der Waals surface area contributed by atoms with Gasteiger partial charge in [0.05, 0.1) is 11.7 Å². The van der Waals surface area contributed by atoms with Gasteiger partial charge < -0.3 is 14.6 Å². The molecule has 3 nitrogen and oxygen atoms in total. The van der Waals surface area contributed by atoms with Crippen molar-refractivity contribution < 1.29 is 14.6 Å². The largest absolute Gasteiger partial charge is 0.491 e. The third-order valence-electron chi connectivity index (χ3n) is 4.57. The maximum absolute atomic E-state index is 10.9. The van der Waals surface area contributed by atoms with E-state index in [2.05, 4.69) is 6.92 Å². The Hall–Kier alpha value is -1.06. The summed E-state index contributed by atoms with van der Waals surface area (Å²) < 4.78 is 11.5. The van der Waals surface area contributed by atoms with Gasteiger partial charge in [-0.2, -0.15) is 0 Å². The number of rotatable bonds is 5. The molecule has 0 amide bonds. The maximum atomic E-state index is 10.9. The van der Waals surface area contributed by atoms with Crippen molar-refractivity contribution >= 4 is 0 Å². The van der Waals surface area contributed by atoms with Crippen LogP contribution in [0.2, 0.25) is 0 Å². The molecule has 0 saturated heterocycles. The van der Waals surface area contributed by atoms with Crippen LogP contribution in [-0.2, 0) is 4.74 Å². The quantitative estimate of drug-likeness (QED) is 0.888. The summed E-state index contributed by atoms with van der Waals surface area (Å²) in [5, 5.41) is 10.9. The van der Waals surface area contributed by atoms with Crippen molar-refractivity contribution in [3.63, 3.8) is 0 Å². The highest BCUT2D eigenvalue weighted by molar-refractivity contribution is 5.31. The van der Waals surface area contributed by atoms with E-state index < -0.39 is 11.7 Å². The van der Waals surface area contributed by atoms with Crippen LogP contribution in [0.15, 0.2) is 24.3 Å². The van der Waals surface area contributed by atoms with E-state index >= 15 is 0 Å². The van der Waals surface area contributed by atoms with Crippen molar-refractivity contribution in [2.75, 3.05) is 7.11 Å². The molecule has 0 spiro atoms. The van der Waals surface area contributed by atoms with Crippen LogP contribution in [-0.4, -0.2) is 23.9 Å². The van der Waals surface area contributed by atoms with E-state index in [1.165, 1.54) is 0 Å². The first kappa shape index (κ1) is 16.3. The zero-order chi connectivity index (χ0) is 15.5. The minimum atomic E-state index is -0.606. The highest BCUT2D eigenvalue weighted by Gasteiger charge is 2.41. The second kappa shape index (κ2) is 6.80. The molecule has 1 fully saturated rings. The highest BCUT2D eigenvalue weighted by Crippen LogP contribution is 2.43. The Morgan fingerprint density at radius 2 is 1.90 bits per heavy atom. The molecule has 0 heterocycles. The van der Waals surface area contributed by atoms with Crippen LogP contribution in [0.3, 0.4) is 0 Å². The van der Waals surface area contributed by atoms with Gasteiger partial charge in [0.25, 0.3) is 0 Å². The van der Waals surface area contributed by atoms with E-state index in [4.69, 9.17) is 9.47 Å². The molecule has 1 unspecified atom stereocenters. The van der Waals surface area contributed by atoms with Crippen LogP contribution < -0.4 is 4.74 Å². The zero-order valence-corrected chi connectivity index (χ0v) is 13.6. The molecule has 1 aliphatic carbocycles. The lowest BCUT2D eigenvalue weighted by molar-refractivity contribution is -0.130. The zero-order valence-electron chi connectivity index (χ0n) is 13.6. The van der Waals surface area contributed by atoms with Gasteiger partial charge in [0, 0.05) is 7.11 Å². The van der Waals surface area contributed by atoms with E-state index in [1.54, 1.807) is 7.11 Å². The molecule has 0 radical (unpaired) electrons. The second-order valence-corrected chi connectivity index (χ2v) is 6.59. The lowest BCUT2D eigenvalue weighted by atomic mass is 9.74. The third kappa shape index (κ3) is 3.78. The highest BCUT2D eigenvalue weighted by atomic mass is 16.5. The van der Waals surface area contributed by atoms with E-state index in [1.807, 2.05) is 38.1 Å². The normalized spacial score (nSPS) is 27.6. The maximum Gasteiger partial charge on any atom is 0.120 e. The number of methoxy groups -OCH3 is 1. The minimum Gasteiger partial charge on any atom is -0.491 e. The van der Waals surface area contributed by atoms with Crippen molar-refractivity contribution in [3.8, 4) is 5.75 Å². The third-order valence-corrected chi connectivity index (χ3v) is 4.57. The van der Waals surface area contributed by atoms with Gasteiger partial charge in [-0.05, 0) is 63.1 Å². The summed E-state index contributed by atoms with van der Waals surface area (Å²) >= 11 is 0. The average Bonchev–Trinajstić information content (AvgIpc) is 2.47.